The first-order valence-corrected chi connectivity index (χ1v) is 8.07. The van der Waals surface area contributed by atoms with Crippen LogP contribution in [0.3, 0.4) is 0 Å². The fourth-order valence-corrected chi connectivity index (χ4v) is 4.04. The Bertz CT molecular complexity index is 425. The highest BCUT2D eigenvalue weighted by atomic mass is 35.5. The summed E-state index contributed by atoms with van der Waals surface area (Å²) in [5.41, 5.74) is 1.56. The van der Waals surface area contributed by atoms with Gasteiger partial charge in [-0.25, -0.2) is 0 Å². The van der Waals surface area contributed by atoms with Gasteiger partial charge in [0.1, 0.15) is 0 Å². The lowest BCUT2D eigenvalue weighted by Crippen LogP contribution is -2.36. The number of rotatable bonds is 5. The summed E-state index contributed by atoms with van der Waals surface area (Å²) < 4.78 is 0. The van der Waals surface area contributed by atoms with Gasteiger partial charge >= 0.3 is 0 Å². The van der Waals surface area contributed by atoms with Gasteiger partial charge in [-0.3, -0.25) is 0 Å². The van der Waals surface area contributed by atoms with Crippen molar-refractivity contribution < 1.29 is 0 Å². The third-order valence-electron chi connectivity index (χ3n) is 4.60. The molecular weight excluding hydrogens is 277 g/mol. The highest BCUT2D eigenvalue weighted by molar-refractivity contribution is 6.35. The molecule has 0 spiro atoms. The molecule has 19 heavy (non-hydrogen) atoms. The van der Waals surface area contributed by atoms with Crippen molar-refractivity contribution >= 4 is 23.2 Å². The van der Waals surface area contributed by atoms with Crippen LogP contribution < -0.4 is 5.32 Å². The van der Waals surface area contributed by atoms with Gasteiger partial charge in [0.15, 0.2) is 0 Å². The Balaban J connectivity index is 2.38. The van der Waals surface area contributed by atoms with Crippen LogP contribution in [-0.4, -0.2) is 6.54 Å². The van der Waals surface area contributed by atoms with Crippen LogP contribution in [-0.2, 0) is 0 Å². The summed E-state index contributed by atoms with van der Waals surface area (Å²) >= 11 is 12.5. The lowest BCUT2D eigenvalue weighted by atomic mass is 9.73. The number of benzene rings is 1. The van der Waals surface area contributed by atoms with E-state index in [9.17, 15) is 0 Å². The van der Waals surface area contributed by atoms with Crippen LogP contribution in [0.15, 0.2) is 18.2 Å². The quantitative estimate of drug-likeness (QED) is 0.744. The van der Waals surface area contributed by atoms with E-state index in [1.54, 1.807) is 0 Å². The molecule has 1 nitrogen and oxygen atoms in total. The molecule has 3 heteroatoms. The summed E-state index contributed by atoms with van der Waals surface area (Å²) in [6, 6.07) is 6.25. The van der Waals surface area contributed by atoms with Crippen LogP contribution in [0.2, 0.25) is 10.0 Å². The van der Waals surface area contributed by atoms with Gasteiger partial charge in [0, 0.05) is 16.1 Å². The van der Waals surface area contributed by atoms with E-state index in [-0.39, 0.29) is 0 Å². The molecule has 1 aliphatic rings. The summed E-state index contributed by atoms with van der Waals surface area (Å²) in [4.78, 5) is 0. The second-order valence-corrected chi connectivity index (χ2v) is 6.42. The van der Waals surface area contributed by atoms with Crippen LogP contribution in [0.25, 0.3) is 0 Å². The Kier molecular flexibility index (Phi) is 5.16. The van der Waals surface area contributed by atoms with Crippen LogP contribution in [0.5, 0.6) is 0 Å². The van der Waals surface area contributed by atoms with Crippen molar-refractivity contribution in [1.82, 2.24) is 5.32 Å². The Hall–Kier alpha value is -0.240. The van der Waals surface area contributed by atoms with Crippen LogP contribution in [0.1, 0.15) is 57.6 Å². The van der Waals surface area contributed by atoms with Crippen LogP contribution >= 0.6 is 23.2 Å². The van der Waals surface area contributed by atoms with Gasteiger partial charge in [-0.05, 0) is 48.9 Å². The minimum atomic E-state index is 0.342. The Morgan fingerprint density at radius 2 is 1.89 bits per heavy atom. The molecule has 1 aromatic rings. The van der Waals surface area contributed by atoms with Gasteiger partial charge in [-0.2, -0.15) is 0 Å². The molecule has 1 N–H and O–H groups in total. The second kappa shape index (κ2) is 6.47. The maximum Gasteiger partial charge on any atom is 0.0468 e. The topological polar surface area (TPSA) is 12.0 Å². The normalized spacial score (nSPS) is 19.6. The molecule has 1 saturated carbocycles. The summed E-state index contributed by atoms with van der Waals surface area (Å²) in [5, 5.41) is 5.16. The molecule has 1 unspecified atom stereocenters. The molecule has 1 aliphatic carbocycles. The predicted molar refractivity (Wildman–Crippen MR) is 84.1 cm³/mol. The fourth-order valence-electron chi connectivity index (χ4n) is 3.52. The van der Waals surface area contributed by atoms with E-state index < -0.39 is 0 Å². The highest BCUT2D eigenvalue weighted by Gasteiger charge is 2.40. The zero-order chi connectivity index (χ0) is 13.9. The zero-order valence-electron chi connectivity index (χ0n) is 11.8. The molecule has 0 saturated heterocycles. The van der Waals surface area contributed by atoms with Gasteiger partial charge in [-0.15, -0.1) is 0 Å². The molecule has 0 bridgehead atoms. The van der Waals surface area contributed by atoms with E-state index >= 15 is 0 Å². The minimum absolute atomic E-state index is 0.342. The van der Waals surface area contributed by atoms with Gasteiger partial charge in [0.05, 0.1) is 0 Å². The first kappa shape index (κ1) is 15.2. The van der Waals surface area contributed by atoms with Crippen LogP contribution in [0, 0.1) is 5.41 Å². The third-order valence-corrected chi connectivity index (χ3v) is 5.16. The molecule has 0 aliphatic heterocycles. The predicted octanol–water partition coefficient (Wildman–Crippen LogP) is 5.61. The number of halogens is 2. The molecule has 2 rings (SSSR count). The summed E-state index contributed by atoms with van der Waals surface area (Å²) in [6.45, 7) is 5.43. The smallest absolute Gasteiger partial charge is 0.0468 e. The monoisotopic (exact) mass is 299 g/mol. The molecule has 0 heterocycles. The maximum atomic E-state index is 6.43. The van der Waals surface area contributed by atoms with Crippen LogP contribution in [0.4, 0.5) is 0 Å². The van der Waals surface area contributed by atoms with E-state index in [2.05, 4.69) is 25.2 Å². The summed E-state index contributed by atoms with van der Waals surface area (Å²) in [7, 11) is 0. The van der Waals surface area contributed by atoms with Gasteiger partial charge in [0.2, 0.25) is 0 Å². The van der Waals surface area contributed by atoms with Crippen molar-refractivity contribution in [3.8, 4) is 0 Å². The zero-order valence-corrected chi connectivity index (χ0v) is 13.3. The van der Waals surface area contributed by atoms with E-state index in [0.29, 0.717) is 16.5 Å². The van der Waals surface area contributed by atoms with Gasteiger partial charge in [0.25, 0.3) is 0 Å². The first-order chi connectivity index (χ1) is 9.13. The molecule has 1 fully saturated rings. The average molecular weight is 300 g/mol. The van der Waals surface area contributed by atoms with E-state index in [4.69, 9.17) is 23.2 Å². The largest absolute Gasteiger partial charge is 0.310 e. The second-order valence-electron chi connectivity index (χ2n) is 5.58. The van der Waals surface area contributed by atoms with E-state index in [0.717, 1.165) is 11.6 Å². The van der Waals surface area contributed by atoms with Crippen molar-refractivity contribution in [1.29, 1.82) is 0 Å². The van der Waals surface area contributed by atoms with Crippen molar-refractivity contribution in [3.05, 3.63) is 33.8 Å². The lowest BCUT2D eigenvalue weighted by Gasteiger charge is -2.38. The van der Waals surface area contributed by atoms with Gasteiger partial charge < -0.3 is 5.32 Å². The van der Waals surface area contributed by atoms with Crippen molar-refractivity contribution in [2.75, 3.05) is 6.54 Å². The first-order valence-electron chi connectivity index (χ1n) is 7.31. The minimum Gasteiger partial charge on any atom is -0.310 e. The summed E-state index contributed by atoms with van der Waals surface area (Å²) in [6.07, 6.45) is 6.45. The van der Waals surface area contributed by atoms with E-state index in [1.807, 2.05) is 12.1 Å². The summed E-state index contributed by atoms with van der Waals surface area (Å²) in [5.74, 6) is 0. The number of hydrogen-bond acceptors (Lipinski definition) is 1. The van der Waals surface area contributed by atoms with Crippen molar-refractivity contribution in [3.63, 3.8) is 0 Å². The van der Waals surface area contributed by atoms with E-state index in [1.165, 1.54) is 37.7 Å². The standard InChI is InChI=1S/C16H23Cl2N/c1-3-16(9-5-6-10-16)15(19-4-2)13-8-7-12(17)11-14(13)18/h7-8,11,15,19H,3-6,9-10H2,1-2H3. The fraction of sp³-hybridized carbons (Fsp3) is 0.625. The maximum absolute atomic E-state index is 6.43. The third kappa shape index (κ3) is 3.09. The molecule has 0 aromatic heterocycles. The van der Waals surface area contributed by atoms with Crippen molar-refractivity contribution in [2.45, 2.75) is 52.0 Å². The number of hydrogen-bond donors (Lipinski definition) is 1. The highest BCUT2D eigenvalue weighted by Crippen LogP contribution is 2.51. The molecule has 1 aromatic carbocycles. The number of nitrogens with one attached hydrogen (secondary N) is 1. The van der Waals surface area contributed by atoms with Crippen molar-refractivity contribution in [2.24, 2.45) is 5.41 Å². The lowest BCUT2D eigenvalue weighted by molar-refractivity contribution is 0.189. The molecule has 1 atom stereocenters. The Labute approximate surface area is 126 Å². The molecular formula is C16H23Cl2N. The Morgan fingerprint density at radius 3 is 2.42 bits per heavy atom. The SMILES string of the molecule is CCNC(c1ccc(Cl)cc1Cl)C1(CC)CCCC1. The Morgan fingerprint density at radius 1 is 1.21 bits per heavy atom. The molecule has 0 amide bonds. The van der Waals surface area contributed by atoms with Gasteiger partial charge in [-0.1, -0.05) is 56.0 Å². The molecule has 106 valence electrons. The average Bonchev–Trinajstić information content (AvgIpc) is 2.87. The molecule has 0 radical (unpaired) electrons.